The second-order valence-electron chi connectivity index (χ2n) is 3.00. The van der Waals surface area contributed by atoms with Crippen LogP contribution >= 0.6 is 11.3 Å². The van der Waals surface area contributed by atoms with Gasteiger partial charge < -0.3 is 5.32 Å². The molecule has 0 atom stereocenters. The lowest BCUT2D eigenvalue weighted by atomic mass is 10.2. The number of anilines is 1. The fourth-order valence-electron chi connectivity index (χ4n) is 1.04. The molecule has 0 bridgehead atoms. The van der Waals surface area contributed by atoms with Gasteiger partial charge in [-0.2, -0.15) is 5.26 Å². The van der Waals surface area contributed by atoms with Gasteiger partial charge in [-0.05, 0) is 26.3 Å². The van der Waals surface area contributed by atoms with E-state index in [1.165, 1.54) is 4.88 Å². The third-order valence-electron chi connectivity index (χ3n) is 1.82. The van der Waals surface area contributed by atoms with Gasteiger partial charge in [0.2, 0.25) is 0 Å². The lowest BCUT2D eigenvalue weighted by molar-refractivity contribution is 1.37. The van der Waals surface area contributed by atoms with Crippen LogP contribution in [-0.2, 0) is 0 Å². The van der Waals surface area contributed by atoms with Gasteiger partial charge in [-0.1, -0.05) is 6.58 Å². The Balaban J connectivity index is 3.15. The van der Waals surface area contributed by atoms with E-state index in [0.29, 0.717) is 0 Å². The summed E-state index contributed by atoms with van der Waals surface area (Å²) in [5, 5.41) is 12.9. The van der Waals surface area contributed by atoms with Crippen LogP contribution in [0.1, 0.15) is 22.9 Å². The number of nitriles is 1. The molecule has 0 aromatic carbocycles. The van der Waals surface area contributed by atoms with Gasteiger partial charge in [0.15, 0.2) is 0 Å². The van der Waals surface area contributed by atoms with Crippen LogP contribution in [0.15, 0.2) is 12.3 Å². The molecule has 3 heteroatoms. The first-order valence-corrected chi connectivity index (χ1v) is 4.80. The molecule has 13 heavy (non-hydrogen) atoms. The van der Waals surface area contributed by atoms with Crippen molar-refractivity contribution in [3.05, 3.63) is 28.3 Å². The lowest BCUT2D eigenvalue weighted by Crippen LogP contribution is -1.92. The summed E-state index contributed by atoms with van der Waals surface area (Å²) in [5.74, 6) is 0. The van der Waals surface area contributed by atoms with E-state index in [-0.39, 0.29) is 0 Å². The summed E-state index contributed by atoms with van der Waals surface area (Å²) in [6.07, 6.45) is 0. The van der Waals surface area contributed by atoms with E-state index in [1.807, 2.05) is 20.8 Å². The quantitative estimate of drug-likeness (QED) is 0.781. The van der Waals surface area contributed by atoms with Crippen molar-refractivity contribution in [3.63, 3.8) is 0 Å². The number of allylic oxidation sites excluding steroid dienone is 1. The van der Waals surface area contributed by atoms with E-state index in [4.69, 9.17) is 5.26 Å². The smallest absolute Gasteiger partial charge is 0.111 e. The van der Waals surface area contributed by atoms with Crippen LogP contribution in [0.2, 0.25) is 0 Å². The van der Waals surface area contributed by atoms with Crippen LogP contribution in [0, 0.1) is 25.2 Å². The average Bonchev–Trinajstić information content (AvgIpc) is 2.27. The zero-order valence-corrected chi connectivity index (χ0v) is 8.88. The van der Waals surface area contributed by atoms with Crippen LogP contribution < -0.4 is 5.32 Å². The molecule has 1 aromatic heterocycles. The molecule has 0 unspecified atom stereocenters. The van der Waals surface area contributed by atoms with Crippen molar-refractivity contribution >= 4 is 16.3 Å². The van der Waals surface area contributed by atoms with Crippen molar-refractivity contribution in [2.24, 2.45) is 0 Å². The third kappa shape index (κ3) is 1.90. The average molecular weight is 192 g/mol. The Morgan fingerprint density at radius 3 is 2.62 bits per heavy atom. The fourth-order valence-corrected chi connectivity index (χ4v) is 2.13. The van der Waals surface area contributed by atoms with Crippen molar-refractivity contribution in [2.45, 2.75) is 20.8 Å². The molecule has 0 fully saturated rings. The van der Waals surface area contributed by atoms with Crippen LogP contribution in [0.4, 0.5) is 5.00 Å². The first-order valence-electron chi connectivity index (χ1n) is 3.99. The molecule has 0 spiro atoms. The molecule has 1 N–H and O–H groups in total. The SMILES string of the molecule is C=C(C)Nc1sc(C)c(C)c1C#N. The molecule has 68 valence electrons. The van der Waals surface area contributed by atoms with E-state index in [9.17, 15) is 0 Å². The van der Waals surface area contributed by atoms with Crippen molar-refractivity contribution in [1.29, 1.82) is 5.26 Å². The number of aryl methyl sites for hydroxylation is 1. The zero-order valence-electron chi connectivity index (χ0n) is 8.06. The summed E-state index contributed by atoms with van der Waals surface area (Å²) in [6.45, 7) is 9.62. The Hall–Kier alpha value is -1.27. The predicted octanol–water partition coefficient (Wildman–Crippen LogP) is 3.18. The van der Waals surface area contributed by atoms with Gasteiger partial charge in [0.05, 0.1) is 5.56 Å². The molecule has 1 heterocycles. The van der Waals surface area contributed by atoms with Crippen molar-refractivity contribution in [2.75, 3.05) is 5.32 Å². The highest BCUT2D eigenvalue weighted by atomic mass is 32.1. The van der Waals surface area contributed by atoms with Gasteiger partial charge in [0.25, 0.3) is 0 Å². The number of hydrogen-bond acceptors (Lipinski definition) is 3. The number of hydrogen-bond donors (Lipinski definition) is 1. The van der Waals surface area contributed by atoms with Gasteiger partial charge in [-0.15, -0.1) is 11.3 Å². The van der Waals surface area contributed by atoms with E-state index in [2.05, 4.69) is 18.0 Å². The van der Waals surface area contributed by atoms with Crippen LogP contribution in [0.5, 0.6) is 0 Å². The number of thiophene rings is 1. The van der Waals surface area contributed by atoms with E-state index < -0.39 is 0 Å². The van der Waals surface area contributed by atoms with E-state index in [0.717, 1.165) is 21.8 Å². The first-order chi connectivity index (χ1) is 6.06. The molecular weight excluding hydrogens is 180 g/mol. The molecule has 0 aliphatic heterocycles. The fraction of sp³-hybridized carbons (Fsp3) is 0.300. The molecule has 0 aliphatic carbocycles. The van der Waals surface area contributed by atoms with Crippen molar-refractivity contribution < 1.29 is 0 Å². The Morgan fingerprint density at radius 2 is 2.15 bits per heavy atom. The summed E-state index contributed by atoms with van der Waals surface area (Å²) in [7, 11) is 0. The van der Waals surface area contributed by atoms with Crippen molar-refractivity contribution in [1.82, 2.24) is 0 Å². The second kappa shape index (κ2) is 3.63. The van der Waals surface area contributed by atoms with Crippen LogP contribution in [0.3, 0.4) is 0 Å². The molecule has 0 saturated heterocycles. The maximum atomic E-state index is 8.91. The molecule has 1 rings (SSSR count). The Kier molecular flexibility index (Phi) is 2.74. The standard InChI is InChI=1S/C10H12N2S/c1-6(2)12-10-9(5-11)7(3)8(4)13-10/h12H,1H2,2-4H3. The summed E-state index contributed by atoms with van der Waals surface area (Å²) < 4.78 is 0. The van der Waals surface area contributed by atoms with Gasteiger partial charge in [0, 0.05) is 10.6 Å². The minimum Gasteiger partial charge on any atom is -0.350 e. The molecule has 0 radical (unpaired) electrons. The van der Waals surface area contributed by atoms with Gasteiger partial charge >= 0.3 is 0 Å². The topological polar surface area (TPSA) is 35.8 Å². The highest BCUT2D eigenvalue weighted by Gasteiger charge is 2.11. The minimum absolute atomic E-state index is 0.741. The van der Waals surface area contributed by atoms with Gasteiger partial charge in [0.1, 0.15) is 11.1 Å². The number of nitrogens with one attached hydrogen (secondary N) is 1. The normalized spacial score (nSPS) is 9.38. The third-order valence-corrected chi connectivity index (χ3v) is 2.95. The van der Waals surface area contributed by atoms with Gasteiger partial charge in [-0.3, -0.25) is 0 Å². The molecule has 1 aromatic rings. The zero-order chi connectivity index (χ0) is 10.0. The summed E-state index contributed by atoms with van der Waals surface area (Å²) in [6, 6.07) is 2.20. The lowest BCUT2D eigenvalue weighted by Gasteiger charge is -2.01. The summed E-state index contributed by atoms with van der Waals surface area (Å²) in [4.78, 5) is 1.18. The Bertz CT molecular complexity index is 382. The monoisotopic (exact) mass is 192 g/mol. The number of rotatable bonds is 2. The highest BCUT2D eigenvalue weighted by molar-refractivity contribution is 7.16. The first kappa shape index (κ1) is 9.82. The minimum atomic E-state index is 0.741. The molecule has 0 saturated carbocycles. The summed E-state index contributed by atoms with van der Waals surface area (Å²) >= 11 is 1.60. The van der Waals surface area contributed by atoms with E-state index >= 15 is 0 Å². The Morgan fingerprint density at radius 1 is 1.54 bits per heavy atom. The molecule has 0 aliphatic rings. The van der Waals surface area contributed by atoms with Crippen LogP contribution in [-0.4, -0.2) is 0 Å². The Labute approximate surface area is 82.5 Å². The molecular formula is C10H12N2S. The van der Waals surface area contributed by atoms with Gasteiger partial charge in [-0.25, -0.2) is 0 Å². The number of nitrogens with zero attached hydrogens (tertiary/aromatic N) is 1. The van der Waals surface area contributed by atoms with E-state index in [1.54, 1.807) is 11.3 Å². The van der Waals surface area contributed by atoms with Crippen LogP contribution in [0.25, 0.3) is 0 Å². The molecule has 0 amide bonds. The second-order valence-corrected chi connectivity index (χ2v) is 4.23. The maximum absolute atomic E-state index is 8.91. The molecule has 2 nitrogen and oxygen atoms in total. The maximum Gasteiger partial charge on any atom is 0.111 e. The van der Waals surface area contributed by atoms with Crippen molar-refractivity contribution in [3.8, 4) is 6.07 Å². The summed E-state index contributed by atoms with van der Waals surface area (Å²) in [5.41, 5.74) is 2.67. The largest absolute Gasteiger partial charge is 0.350 e. The highest BCUT2D eigenvalue weighted by Crippen LogP contribution is 2.32. The predicted molar refractivity (Wildman–Crippen MR) is 56.9 cm³/mol.